The Labute approximate surface area is 124 Å². The van der Waals surface area contributed by atoms with E-state index in [0.29, 0.717) is 21.6 Å². The molecule has 3 rings (SSSR count). The summed E-state index contributed by atoms with van der Waals surface area (Å²) in [7, 11) is 0. The van der Waals surface area contributed by atoms with Gasteiger partial charge in [-0.05, 0) is 30.3 Å². The summed E-state index contributed by atoms with van der Waals surface area (Å²) in [5.74, 6) is 1.25. The fraction of sp³-hybridized carbons (Fsp3) is 0. The zero-order valence-electron chi connectivity index (χ0n) is 10.1. The molecule has 1 aromatic carbocycles. The summed E-state index contributed by atoms with van der Waals surface area (Å²) < 4.78 is 7.13. The molecule has 0 saturated heterocycles. The molecular formula is C13H8Cl2N4O. The summed E-state index contributed by atoms with van der Waals surface area (Å²) >= 11 is 12.0. The fourth-order valence-corrected chi connectivity index (χ4v) is 2.14. The summed E-state index contributed by atoms with van der Waals surface area (Å²) in [5, 5.41) is 12.5. The van der Waals surface area contributed by atoms with Crippen molar-refractivity contribution in [3.8, 4) is 11.3 Å². The minimum absolute atomic E-state index is 0.536. The van der Waals surface area contributed by atoms with E-state index >= 15 is 0 Å². The molecule has 100 valence electrons. The molecule has 0 aliphatic rings. The molecule has 20 heavy (non-hydrogen) atoms. The first-order valence-corrected chi connectivity index (χ1v) is 6.42. The van der Waals surface area contributed by atoms with E-state index in [-0.39, 0.29) is 0 Å². The van der Waals surface area contributed by atoms with Crippen molar-refractivity contribution in [3.63, 3.8) is 0 Å². The number of halogens is 2. The number of furan rings is 1. The minimum atomic E-state index is 0.536. The van der Waals surface area contributed by atoms with Crippen molar-refractivity contribution < 1.29 is 4.42 Å². The third-order valence-corrected chi connectivity index (χ3v) is 3.10. The van der Waals surface area contributed by atoms with Crippen LogP contribution in [0.25, 0.3) is 11.3 Å². The van der Waals surface area contributed by atoms with Crippen molar-refractivity contribution in [2.45, 2.75) is 0 Å². The van der Waals surface area contributed by atoms with Crippen LogP contribution < -0.4 is 0 Å². The van der Waals surface area contributed by atoms with Gasteiger partial charge in [-0.1, -0.05) is 23.2 Å². The topological polar surface area (TPSA) is 56.2 Å². The Morgan fingerprint density at radius 1 is 1.10 bits per heavy atom. The summed E-state index contributed by atoms with van der Waals surface area (Å²) in [6, 6.07) is 8.86. The fourth-order valence-electron chi connectivity index (χ4n) is 1.63. The molecule has 0 amide bonds. The van der Waals surface area contributed by atoms with Crippen LogP contribution in [0.4, 0.5) is 0 Å². The molecule has 0 fully saturated rings. The molecule has 0 bridgehead atoms. The number of rotatable bonds is 3. The molecular weight excluding hydrogens is 299 g/mol. The van der Waals surface area contributed by atoms with E-state index in [0.717, 1.165) is 5.56 Å². The van der Waals surface area contributed by atoms with Gasteiger partial charge in [-0.15, -0.1) is 10.2 Å². The van der Waals surface area contributed by atoms with Crippen molar-refractivity contribution in [3.05, 3.63) is 58.8 Å². The monoisotopic (exact) mass is 306 g/mol. The smallest absolute Gasteiger partial charge is 0.147 e. The van der Waals surface area contributed by atoms with Gasteiger partial charge in [0.15, 0.2) is 0 Å². The van der Waals surface area contributed by atoms with Crippen molar-refractivity contribution in [2.24, 2.45) is 5.10 Å². The molecule has 2 heterocycles. The lowest BCUT2D eigenvalue weighted by molar-refractivity contribution is 0.574. The van der Waals surface area contributed by atoms with Crippen molar-refractivity contribution in [1.29, 1.82) is 0 Å². The maximum Gasteiger partial charge on any atom is 0.147 e. The summed E-state index contributed by atoms with van der Waals surface area (Å²) in [5.41, 5.74) is 0.778. The van der Waals surface area contributed by atoms with Crippen LogP contribution in [0.5, 0.6) is 0 Å². The van der Waals surface area contributed by atoms with Crippen LogP contribution in [-0.2, 0) is 0 Å². The van der Waals surface area contributed by atoms with Crippen LogP contribution >= 0.6 is 23.2 Å². The Balaban J connectivity index is 1.86. The third-order valence-electron chi connectivity index (χ3n) is 2.55. The lowest BCUT2D eigenvalue weighted by atomic mass is 10.2. The average Bonchev–Trinajstić information content (AvgIpc) is 3.07. The van der Waals surface area contributed by atoms with E-state index in [1.54, 1.807) is 24.4 Å². The molecule has 5 nitrogen and oxygen atoms in total. The van der Waals surface area contributed by atoms with Gasteiger partial charge in [0.2, 0.25) is 0 Å². The number of aromatic nitrogens is 3. The van der Waals surface area contributed by atoms with Crippen molar-refractivity contribution in [2.75, 3.05) is 0 Å². The Hall–Kier alpha value is -2.11. The highest BCUT2D eigenvalue weighted by Crippen LogP contribution is 2.31. The standard InChI is InChI=1S/C13H8Cl2N4O/c14-9-1-3-11(12(15)5-9)13-4-2-10(20-13)6-18-19-7-16-17-8-19/h1-8H/b18-6+. The predicted molar refractivity (Wildman–Crippen MR) is 77.2 cm³/mol. The van der Waals surface area contributed by atoms with Gasteiger partial charge in [0.25, 0.3) is 0 Å². The van der Waals surface area contributed by atoms with E-state index in [9.17, 15) is 0 Å². The number of nitrogens with zero attached hydrogens (tertiary/aromatic N) is 4. The van der Waals surface area contributed by atoms with Crippen LogP contribution in [0.1, 0.15) is 5.76 Å². The Bertz CT molecular complexity index is 750. The van der Waals surface area contributed by atoms with Gasteiger partial charge in [0.05, 0.1) is 11.2 Å². The van der Waals surface area contributed by atoms with Crippen LogP contribution in [-0.4, -0.2) is 21.1 Å². The van der Waals surface area contributed by atoms with Gasteiger partial charge < -0.3 is 4.42 Å². The van der Waals surface area contributed by atoms with Gasteiger partial charge in [0.1, 0.15) is 24.2 Å². The average molecular weight is 307 g/mol. The predicted octanol–water partition coefficient (Wildman–Crippen LogP) is 3.73. The van der Waals surface area contributed by atoms with E-state index in [4.69, 9.17) is 27.6 Å². The second-order valence-corrected chi connectivity index (χ2v) is 4.76. The van der Waals surface area contributed by atoms with E-state index in [1.807, 2.05) is 12.1 Å². The second kappa shape index (κ2) is 5.48. The van der Waals surface area contributed by atoms with E-state index in [1.165, 1.54) is 17.3 Å². The highest BCUT2D eigenvalue weighted by molar-refractivity contribution is 6.36. The first-order valence-electron chi connectivity index (χ1n) is 5.66. The third kappa shape index (κ3) is 2.74. The van der Waals surface area contributed by atoms with Crippen molar-refractivity contribution in [1.82, 2.24) is 14.9 Å². The van der Waals surface area contributed by atoms with Crippen molar-refractivity contribution >= 4 is 29.4 Å². The minimum Gasteiger partial charge on any atom is -0.455 e. The first kappa shape index (κ1) is 12.9. The molecule has 7 heteroatoms. The van der Waals surface area contributed by atoms with Gasteiger partial charge in [0, 0.05) is 10.6 Å². The SMILES string of the molecule is Clc1ccc(-c2ccc(/C=N/n3cnnc3)o2)c(Cl)c1. The molecule has 2 aromatic heterocycles. The maximum absolute atomic E-state index is 6.13. The van der Waals surface area contributed by atoms with Crippen LogP contribution in [0.2, 0.25) is 10.0 Å². The number of hydrogen-bond donors (Lipinski definition) is 0. The second-order valence-electron chi connectivity index (χ2n) is 3.91. The number of hydrogen-bond acceptors (Lipinski definition) is 4. The molecule has 0 N–H and O–H groups in total. The van der Waals surface area contributed by atoms with E-state index in [2.05, 4.69) is 15.3 Å². The van der Waals surface area contributed by atoms with Gasteiger partial charge in [-0.3, -0.25) is 0 Å². The summed E-state index contributed by atoms with van der Waals surface area (Å²) in [4.78, 5) is 0. The van der Waals surface area contributed by atoms with Gasteiger partial charge >= 0.3 is 0 Å². The zero-order chi connectivity index (χ0) is 13.9. The van der Waals surface area contributed by atoms with Crippen LogP contribution in [0.3, 0.4) is 0 Å². The van der Waals surface area contributed by atoms with E-state index < -0.39 is 0 Å². The van der Waals surface area contributed by atoms with Gasteiger partial charge in [-0.2, -0.15) is 5.10 Å². The van der Waals surface area contributed by atoms with Crippen LogP contribution in [0, 0.1) is 0 Å². The Morgan fingerprint density at radius 2 is 1.90 bits per heavy atom. The lowest BCUT2D eigenvalue weighted by Gasteiger charge is -2.00. The zero-order valence-corrected chi connectivity index (χ0v) is 11.6. The molecule has 3 aromatic rings. The molecule has 0 radical (unpaired) electrons. The molecule has 0 aliphatic carbocycles. The highest BCUT2D eigenvalue weighted by Gasteiger charge is 2.08. The Kier molecular flexibility index (Phi) is 3.54. The first-order chi connectivity index (χ1) is 9.72. The number of benzene rings is 1. The summed E-state index contributed by atoms with van der Waals surface area (Å²) in [6.07, 6.45) is 4.53. The molecule has 0 unspecified atom stereocenters. The highest BCUT2D eigenvalue weighted by atomic mass is 35.5. The molecule has 0 atom stereocenters. The molecule has 0 saturated carbocycles. The largest absolute Gasteiger partial charge is 0.455 e. The normalized spacial score (nSPS) is 11.3. The maximum atomic E-state index is 6.13. The molecule has 0 aliphatic heterocycles. The van der Waals surface area contributed by atoms with Gasteiger partial charge in [-0.25, -0.2) is 4.68 Å². The quantitative estimate of drug-likeness (QED) is 0.693. The molecule has 0 spiro atoms. The van der Waals surface area contributed by atoms with Crippen LogP contribution in [0.15, 0.2) is 52.5 Å². The Morgan fingerprint density at radius 3 is 2.65 bits per heavy atom. The summed E-state index contributed by atoms with van der Waals surface area (Å²) in [6.45, 7) is 0. The lowest BCUT2D eigenvalue weighted by Crippen LogP contribution is -1.84.